The predicted molar refractivity (Wildman–Crippen MR) is 51.3 cm³/mol. The maximum absolute atomic E-state index is 10.9. The number of hydrogen-bond acceptors (Lipinski definition) is 2. The summed E-state index contributed by atoms with van der Waals surface area (Å²) < 4.78 is 0. The molecule has 1 saturated carbocycles. The highest BCUT2D eigenvalue weighted by atomic mass is 16.1. The van der Waals surface area contributed by atoms with E-state index in [1.807, 2.05) is 6.92 Å². The second-order valence-electron chi connectivity index (χ2n) is 3.07. The Morgan fingerprint density at radius 3 is 2.85 bits per heavy atom. The zero-order chi connectivity index (χ0) is 9.68. The van der Waals surface area contributed by atoms with Gasteiger partial charge in [-0.25, -0.2) is 4.99 Å². The van der Waals surface area contributed by atoms with Gasteiger partial charge in [0.1, 0.15) is 6.54 Å². The third kappa shape index (κ3) is 4.35. The van der Waals surface area contributed by atoms with E-state index in [0.29, 0.717) is 18.5 Å². The number of carbonyl (C=O) groups is 1. The Hall–Kier alpha value is -1.26. The van der Waals surface area contributed by atoms with Crippen LogP contribution in [0.4, 0.5) is 0 Å². The lowest BCUT2D eigenvalue weighted by atomic mass is 10.5. The molecule has 0 aromatic carbocycles. The molecule has 1 fully saturated rings. The average Bonchev–Trinajstić information content (AvgIpc) is 2.85. The lowest BCUT2D eigenvalue weighted by Gasteiger charge is -2.02. The maximum Gasteiger partial charge on any atom is 0.241 e. The molecule has 1 rings (SSSR count). The lowest BCUT2D eigenvalue weighted by Crippen LogP contribution is -2.35. The van der Waals surface area contributed by atoms with Gasteiger partial charge in [0.15, 0.2) is 5.96 Å². The normalized spacial score (nSPS) is 16.8. The number of nitrogens with zero attached hydrogens (tertiary/aromatic N) is 1. The molecule has 0 radical (unpaired) electrons. The van der Waals surface area contributed by atoms with Gasteiger partial charge < -0.3 is 16.4 Å². The van der Waals surface area contributed by atoms with Gasteiger partial charge in [0, 0.05) is 12.6 Å². The van der Waals surface area contributed by atoms with Crippen molar-refractivity contribution in [1.82, 2.24) is 10.6 Å². The van der Waals surface area contributed by atoms with E-state index >= 15 is 0 Å². The highest BCUT2D eigenvalue weighted by Crippen LogP contribution is 2.17. The lowest BCUT2D eigenvalue weighted by molar-refractivity contribution is -0.119. The molecule has 0 heterocycles. The smallest absolute Gasteiger partial charge is 0.241 e. The second kappa shape index (κ2) is 4.69. The highest BCUT2D eigenvalue weighted by Gasteiger charge is 2.21. The molecule has 1 aliphatic rings. The Labute approximate surface area is 77.8 Å². The Balaban J connectivity index is 2.16. The average molecular weight is 184 g/mol. The molecule has 0 aromatic heterocycles. The molecule has 0 atom stereocenters. The van der Waals surface area contributed by atoms with Crippen LogP contribution in [0.1, 0.15) is 19.8 Å². The van der Waals surface area contributed by atoms with E-state index < -0.39 is 0 Å². The van der Waals surface area contributed by atoms with E-state index in [1.165, 1.54) is 0 Å². The summed E-state index contributed by atoms with van der Waals surface area (Å²) in [6, 6.07) is 0.484. The van der Waals surface area contributed by atoms with E-state index in [4.69, 9.17) is 5.73 Å². The molecule has 13 heavy (non-hydrogen) atoms. The minimum Gasteiger partial charge on any atom is -0.370 e. The predicted octanol–water partition coefficient (Wildman–Crippen LogP) is -0.811. The Bertz CT molecular complexity index is 210. The van der Waals surface area contributed by atoms with Gasteiger partial charge in [0.2, 0.25) is 5.91 Å². The standard InChI is InChI=1S/C8H16N4O/c1-2-10-7(13)5-11-8(9)12-6-3-4-6/h6H,2-5H2,1H3,(H,10,13)(H3,9,11,12). The third-order valence-corrected chi connectivity index (χ3v) is 1.70. The van der Waals surface area contributed by atoms with Crippen LogP contribution in [0.2, 0.25) is 0 Å². The fourth-order valence-corrected chi connectivity index (χ4v) is 0.892. The van der Waals surface area contributed by atoms with Gasteiger partial charge in [-0.3, -0.25) is 4.79 Å². The van der Waals surface area contributed by atoms with Crippen LogP contribution in [0.5, 0.6) is 0 Å². The topological polar surface area (TPSA) is 79.5 Å². The van der Waals surface area contributed by atoms with Crippen molar-refractivity contribution in [2.45, 2.75) is 25.8 Å². The number of carbonyl (C=O) groups excluding carboxylic acids is 1. The van der Waals surface area contributed by atoms with Gasteiger partial charge in [-0.1, -0.05) is 0 Å². The summed E-state index contributed by atoms with van der Waals surface area (Å²) in [5.41, 5.74) is 5.52. The van der Waals surface area contributed by atoms with Gasteiger partial charge in [0.05, 0.1) is 0 Å². The number of aliphatic imine (C=N–C) groups is 1. The van der Waals surface area contributed by atoms with Crippen molar-refractivity contribution in [3.8, 4) is 0 Å². The molecule has 1 aliphatic carbocycles. The number of likely N-dealkylation sites (N-methyl/N-ethyl adjacent to an activating group) is 1. The van der Waals surface area contributed by atoms with Crippen LogP contribution in [0.15, 0.2) is 4.99 Å². The van der Waals surface area contributed by atoms with Gasteiger partial charge >= 0.3 is 0 Å². The first kappa shape index (κ1) is 9.83. The van der Waals surface area contributed by atoms with Crippen LogP contribution < -0.4 is 16.4 Å². The van der Waals surface area contributed by atoms with E-state index in [2.05, 4.69) is 15.6 Å². The zero-order valence-corrected chi connectivity index (χ0v) is 7.84. The minimum atomic E-state index is -0.0944. The van der Waals surface area contributed by atoms with Crippen molar-refractivity contribution in [1.29, 1.82) is 0 Å². The molecule has 1 amide bonds. The molecular formula is C8H16N4O. The van der Waals surface area contributed by atoms with Gasteiger partial charge in [-0.15, -0.1) is 0 Å². The summed E-state index contributed by atoms with van der Waals surface area (Å²) in [4.78, 5) is 14.8. The second-order valence-corrected chi connectivity index (χ2v) is 3.07. The Morgan fingerprint density at radius 2 is 2.31 bits per heavy atom. The largest absolute Gasteiger partial charge is 0.370 e. The minimum absolute atomic E-state index is 0.0944. The molecule has 0 unspecified atom stereocenters. The van der Waals surface area contributed by atoms with Crippen LogP contribution >= 0.6 is 0 Å². The fraction of sp³-hybridized carbons (Fsp3) is 0.750. The summed E-state index contributed by atoms with van der Waals surface area (Å²) >= 11 is 0. The number of rotatable bonds is 4. The van der Waals surface area contributed by atoms with Crippen LogP contribution in [0, 0.1) is 0 Å². The maximum atomic E-state index is 10.9. The molecule has 4 N–H and O–H groups in total. The highest BCUT2D eigenvalue weighted by molar-refractivity contribution is 5.84. The SMILES string of the molecule is CCNC(=O)CN=C(N)NC1CC1. The van der Waals surface area contributed by atoms with E-state index in [-0.39, 0.29) is 12.5 Å². The number of amides is 1. The quantitative estimate of drug-likeness (QED) is 0.395. The molecule has 0 saturated heterocycles. The van der Waals surface area contributed by atoms with Crippen molar-refractivity contribution in [3.05, 3.63) is 0 Å². The van der Waals surface area contributed by atoms with E-state index in [1.54, 1.807) is 0 Å². The molecule has 0 spiro atoms. The molecule has 0 aliphatic heterocycles. The zero-order valence-electron chi connectivity index (χ0n) is 7.84. The first-order chi connectivity index (χ1) is 6.22. The van der Waals surface area contributed by atoms with Crippen molar-refractivity contribution in [3.63, 3.8) is 0 Å². The summed E-state index contributed by atoms with van der Waals surface area (Å²) in [5, 5.41) is 5.64. The molecule has 5 heteroatoms. The molecule has 0 aromatic rings. The van der Waals surface area contributed by atoms with Gasteiger partial charge in [0.25, 0.3) is 0 Å². The molecular weight excluding hydrogens is 168 g/mol. The van der Waals surface area contributed by atoms with Crippen molar-refractivity contribution in [2.24, 2.45) is 10.7 Å². The van der Waals surface area contributed by atoms with Crippen molar-refractivity contribution < 1.29 is 4.79 Å². The summed E-state index contributed by atoms with van der Waals surface area (Å²) in [7, 11) is 0. The number of guanidine groups is 1. The van der Waals surface area contributed by atoms with Crippen molar-refractivity contribution in [2.75, 3.05) is 13.1 Å². The van der Waals surface area contributed by atoms with E-state index in [0.717, 1.165) is 12.8 Å². The number of nitrogens with one attached hydrogen (secondary N) is 2. The van der Waals surface area contributed by atoms with E-state index in [9.17, 15) is 4.79 Å². The summed E-state index contributed by atoms with van der Waals surface area (Å²) in [5.74, 6) is 0.275. The monoisotopic (exact) mass is 184 g/mol. The third-order valence-electron chi connectivity index (χ3n) is 1.70. The molecule has 5 nitrogen and oxygen atoms in total. The van der Waals surface area contributed by atoms with Crippen LogP contribution in [-0.4, -0.2) is 31.0 Å². The van der Waals surface area contributed by atoms with Gasteiger partial charge in [-0.2, -0.15) is 0 Å². The van der Waals surface area contributed by atoms with Crippen LogP contribution in [0.3, 0.4) is 0 Å². The van der Waals surface area contributed by atoms with Crippen molar-refractivity contribution >= 4 is 11.9 Å². The first-order valence-electron chi connectivity index (χ1n) is 4.55. The fourth-order valence-electron chi connectivity index (χ4n) is 0.892. The summed E-state index contributed by atoms with van der Waals surface area (Å²) in [6.07, 6.45) is 2.30. The number of nitrogens with two attached hydrogens (primary N) is 1. The van der Waals surface area contributed by atoms with Gasteiger partial charge in [-0.05, 0) is 19.8 Å². The number of hydrogen-bond donors (Lipinski definition) is 3. The Kier molecular flexibility index (Phi) is 3.54. The molecule has 74 valence electrons. The summed E-state index contributed by atoms with van der Waals surface area (Å²) in [6.45, 7) is 2.61. The Morgan fingerprint density at radius 1 is 1.62 bits per heavy atom. The van der Waals surface area contributed by atoms with Crippen LogP contribution in [0.25, 0.3) is 0 Å². The first-order valence-corrected chi connectivity index (χ1v) is 4.55. The van der Waals surface area contributed by atoms with Crippen LogP contribution in [-0.2, 0) is 4.79 Å². The molecule has 0 bridgehead atoms.